The van der Waals surface area contributed by atoms with Crippen LogP contribution in [-0.4, -0.2) is 47.7 Å². The standard InChI is InChI=1S/C23H33NO4/c1-28-23(27)14-7-2-3-8-17-24-20(12-9-13-22(24)26)15-16-21(25)18-19-10-5-4-6-11-19/h4-6,10-11,15-16,20-21,25H,2-3,7-9,12-14,17-18H2,1H3/t20-,21?/m1/s1. The van der Waals surface area contributed by atoms with E-state index in [0.29, 0.717) is 19.3 Å². The lowest BCUT2D eigenvalue weighted by Crippen LogP contribution is -2.43. The molecular weight excluding hydrogens is 354 g/mol. The summed E-state index contributed by atoms with van der Waals surface area (Å²) in [6, 6.07) is 9.99. The number of hydrogen-bond acceptors (Lipinski definition) is 4. The molecule has 2 atom stereocenters. The summed E-state index contributed by atoms with van der Waals surface area (Å²) in [6.45, 7) is 0.737. The second kappa shape index (κ2) is 12.3. The first-order valence-electron chi connectivity index (χ1n) is 10.4. The van der Waals surface area contributed by atoms with Crippen molar-refractivity contribution in [1.29, 1.82) is 0 Å². The van der Waals surface area contributed by atoms with Crippen molar-refractivity contribution in [2.45, 2.75) is 69.9 Å². The number of carbonyl (C=O) groups is 2. The fraction of sp³-hybridized carbons (Fsp3) is 0.565. The molecule has 2 rings (SSSR count). The van der Waals surface area contributed by atoms with Crippen LogP contribution in [0.25, 0.3) is 0 Å². The predicted molar refractivity (Wildman–Crippen MR) is 110 cm³/mol. The van der Waals surface area contributed by atoms with Gasteiger partial charge in [-0.15, -0.1) is 0 Å². The maximum Gasteiger partial charge on any atom is 0.305 e. The Kier molecular flexibility index (Phi) is 9.77. The number of aliphatic hydroxyl groups excluding tert-OH is 1. The summed E-state index contributed by atoms with van der Waals surface area (Å²) in [7, 11) is 1.41. The van der Waals surface area contributed by atoms with Crippen LogP contribution in [0, 0.1) is 0 Å². The van der Waals surface area contributed by atoms with E-state index in [9.17, 15) is 14.7 Å². The molecule has 0 aromatic heterocycles. The fourth-order valence-electron chi connectivity index (χ4n) is 3.62. The summed E-state index contributed by atoms with van der Waals surface area (Å²) in [6.07, 6.45) is 10.5. The molecule has 154 valence electrons. The third kappa shape index (κ3) is 7.85. The summed E-state index contributed by atoms with van der Waals surface area (Å²) in [5, 5.41) is 10.3. The third-order valence-electron chi connectivity index (χ3n) is 5.21. The second-order valence-corrected chi connectivity index (χ2v) is 7.43. The Morgan fingerprint density at radius 3 is 2.75 bits per heavy atom. The van der Waals surface area contributed by atoms with Crippen molar-refractivity contribution in [2.75, 3.05) is 13.7 Å². The molecule has 1 aliphatic rings. The maximum absolute atomic E-state index is 12.4. The molecule has 1 heterocycles. The number of piperidine rings is 1. The van der Waals surface area contributed by atoms with Crippen molar-refractivity contribution in [3.8, 4) is 0 Å². The van der Waals surface area contributed by atoms with Gasteiger partial charge in [-0.2, -0.15) is 0 Å². The van der Waals surface area contributed by atoms with Crippen molar-refractivity contribution in [2.24, 2.45) is 0 Å². The Bertz CT molecular complexity index is 629. The van der Waals surface area contributed by atoms with Crippen LogP contribution in [0.3, 0.4) is 0 Å². The van der Waals surface area contributed by atoms with E-state index in [1.54, 1.807) is 0 Å². The number of aliphatic hydroxyl groups is 1. The van der Waals surface area contributed by atoms with E-state index in [0.717, 1.165) is 50.6 Å². The number of carbonyl (C=O) groups excluding carboxylic acids is 2. The summed E-state index contributed by atoms with van der Waals surface area (Å²) in [5.41, 5.74) is 1.10. The summed E-state index contributed by atoms with van der Waals surface area (Å²) < 4.78 is 4.64. The zero-order valence-corrected chi connectivity index (χ0v) is 16.9. The van der Waals surface area contributed by atoms with Crippen molar-refractivity contribution in [3.05, 3.63) is 48.0 Å². The van der Waals surface area contributed by atoms with E-state index in [1.165, 1.54) is 7.11 Å². The number of hydrogen-bond donors (Lipinski definition) is 1. The van der Waals surface area contributed by atoms with Gasteiger partial charge in [0.05, 0.1) is 19.3 Å². The highest BCUT2D eigenvalue weighted by molar-refractivity contribution is 5.77. The number of benzene rings is 1. The van der Waals surface area contributed by atoms with Crippen molar-refractivity contribution < 1.29 is 19.4 Å². The lowest BCUT2D eigenvalue weighted by atomic mass is 9.99. The molecule has 1 N–H and O–H groups in total. The minimum absolute atomic E-state index is 0.0711. The highest BCUT2D eigenvalue weighted by Crippen LogP contribution is 2.21. The molecular formula is C23H33NO4. The molecule has 1 aliphatic heterocycles. The number of likely N-dealkylation sites (tertiary alicyclic amines) is 1. The van der Waals surface area contributed by atoms with Gasteiger partial charge in [0.1, 0.15) is 0 Å². The van der Waals surface area contributed by atoms with Crippen LogP contribution < -0.4 is 0 Å². The maximum atomic E-state index is 12.4. The van der Waals surface area contributed by atoms with Gasteiger partial charge in [-0.05, 0) is 31.2 Å². The first-order chi connectivity index (χ1) is 13.6. The topological polar surface area (TPSA) is 66.8 Å². The molecule has 28 heavy (non-hydrogen) atoms. The Labute approximate surface area is 168 Å². The molecule has 1 fully saturated rings. The summed E-state index contributed by atoms with van der Waals surface area (Å²) >= 11 is 0. The molecule has 0 radical (unpaired) electrons. The molecule has 5 heteroatoms. The van der Waals surface area contributed by atoms with Gasteiger partial charge in [-0.3, -0.25) is 9.59 Å². The van der Waals surface area contributed by atoms with Crippen LogP contribution in [0.4, 0.5) is 0 Å². The quantitative estimate of drug-likeness (QED) is 0.358. The van der Waals surface area contributed by atoms with Crippen LogP contribution in [0.15, 0.2) is 42.5 Å². The van der Waals surface area contributed by atoms with E-state index in [-0.39, 0.29) is 17.9 Å². The highest BCUT2D eigenvalue weighted by Gasteiger charge is 2.25. The lowest BCUT2D eigenvalue weighted by Gasteiger charge is -2.34. The molecule has 1 amide bonds. The second-order valence-electron chi connectivity index (χ2n) is 7.43. The van der Waals surface area contributed by atoms with Crippen molar-refractivity contribution >= 4 is 11.9 Å². The molecule has 1 aromatic carbocycles. The zero-order valence-electron chi connectivity index (χ0n) is 16.9. The molecule has 0 spiro atoms. The number of esters is 1. The monoisotopic (exact) mass is 387 g/mol. The first kappa shape index (κ1) is 22.2. The Hall–Kier alpha value is -2.14. The first-order valence-corrected chi connectivity index (χ1v) is 10.4. The molecule has 1 aromatic rings. The van der Waals surface area contributed by atoms with Gasteiger partial charge in [0, 0.05) is 25.8 Å². The van der Waals surface area contributed by atoms with Gasteiger partial charge in [0.2, 0.25) is 5.91 Å². The van der Waals surface area contributed by atoms with E-state index in [4.69, 9.17) is 0 Å². The minimum Gasteiger partial charge on any atom is -0.469 e. The largest absolute Gasteiger partial charge is 0.469 e. The number of ether oxygens (including phenoxy) is 1. The van der Waals surface area contributed by atoms with E-state index >= 15 is 0 Å². The lowest BCUT2D eigenvalue weighted by molar-refractivity contribution is -0.140. The molecule has 1 saturated heterocycles. The van der Waals surface area contributed by atoms with Crippen molar-refractivity contribution in [1.82, 2.24) is 4.90 Å². The number of methoxy groups -OCH3 is 1. The molecule has 0 aliphatic carbocycles. The zero-order chi connectivity index (χ0) is 20.2. The normalized spacial score (nSPS) is 18.4. The molecule has 1 unspecified atom stereocenters. The van der Waals surface area contributed by atoms with Gasteiger partial charge in [-0.1, -0.05) is 55.3 Å². The Balaban J connectivity index is 1.77. The SMILES string of the molecule is COC(=O)CCCCCCN1C(=O)CCC[C@@H]1C=CC(O)Cc1ccccc1. The van der Waals surface area contributed by atoms with Gasteiger partial charge in [-0.25, -0.2) is 0 Å². The Morgan fingerprint density at radius 1 is 1.25 bits per heavy atom. The minimum atomic E-state index is -0.542. The van der Waals surface area contributed by atoms with E-state index in [2.05, 4.69) is 4.74 Å². The van der Waals surface area contributed by atoms with Crippen LogP contribution in [0.2, 0.25) is 0 Å². The molecule has 0 bridgehead atoms. The average Bonchev–Trinajstić information content (AvgIpc) is 2.70. The number of rotatable bonds is 11. The number of unbranched alkanes of at least 4 members (excludes halogenated alkanes) is 3. The number of amides is 1. The van der Waals surface area contributed by atoms with Gasteiger partial charge < -0.3 is 14.7 Å². The summed E-state index contributed by atoms with van der Waals surface area (Å²) in [5.74, 6) is 0.0403. The highest BCUT2D eigenvalue weighted by atomic mass is 16.5. The van der Waals surface area contributed by atoms with Crippen LogP contribution >= 0.6 is 0 Å². The summed E-state index contributed by atoms with van der Waals surface area (Å²) in [4.78, 5) is 25.4. The van der Waals surface area contributed by atoms with Gasteiger partial charge in [0.15, 0.2) is 0 Å². The van der Waals surface area contributed by atoms with E-state index in [1.807, 2.05) is 47.4 Å². The van der Waals surface area contributed by atoms with Gasteiger partial charge >= 0.3 is 5.97 Å². The predicted octanol–water partition coefficient (Wildman–Crippen LogP) is 3.65. The van der Waals surface area contributed by atoms with Gasteiger partial charge in [0.25, 0.3) is 0 Å². The van der Waals surface area contributed by atoms with Crippen LogP contribution in [-0.2, 0) is 20.7 Å². The number of nitrogens with zero attached hydrogens (tertiary/aromatic N) is 1. The average molecular weight is 388 g/mol. The van der Waals surface area contributed by atoms with Crippen molar-refractivity contribution in [3.63, 3.8) is 0 Å². The molecule has 5 nitrogen and oxygen atoms in total. The third-order valence-corrected chi connectivity index (χ3v) is 5.21. The van der Waals surface area contributed by atoms with Crippen LogP contribution in [0.1, 0.15) is 56.9 Å². The molecule has 0 saturated carbocycles. The Morgan fingerprint density at radius 2 is 2.00 bits per heavy atom. The smallest absolute Gasteiger partial charge is 0.305 e. The van der Waals surface area contributed by atoms with E-state index < -0.39 is 6.10 Å². The fourth-order valence-corrected chi connectivity index (χ4v) is 3.62. The van der Waals surface area contributed by atoms with Crippen LogP contribution in [0.5, 0.6) is 0 Å².